The van der Waals surface area contributed by atoms with Gasteiger partial charge >= 0.3 is 6.09 Å². The summed E-state index contributed by atoms with van der Waals surface area (Å²) in [5.74, 6) is 1.20. The van der Waals surface area contributed by atoms with Crippen molar-refractivity contribution in [3.05, 3.63) is 54.1 Å². The summed E-state index contributed by atoms with van der Waals surface area (Å²) in [5.41, 5.74) is 0.912. The Balaban J connectivity index is 1.66. The number of aromatic nitrogens is 1. The van der Waals surface area contributed by atoms with Crippen LogP contribution in [0.4, 0.5) is 4.79 Å². The summed E-state index contributed by atoms with van der Waals surface area (Å²) < 4.78 is 15.2. The smallest absolute Gasteiger partial charge is 0.407 e. The minimum atomic E-state index is -0.512. The van der Waals surface area contributed by atoms with E-state index in [4.69, 9.17) is 14.2 Å². The Morgan fingerprint density at radius 3 is 2.95 bits per heavy atom. The van der Waals surface area contributed by atoms with Gasteiger partial charge < -0.3 is 19.5 Å². The molecule has 6 nitrogen and oxygen atoms in total. The molecule has 20 heavy (non-hydrogen) atoms. The molecule has 0 unspecified atom stereocenters. The third-order valence-electron chi connectivity index (χ3n) is 2.61. The van der Waals surface area contributed by atoms with Crippen molar-refractivity contribution in [3.8, 4) is 0 Å². The molecule has 1 amide bonds. The second kappa shape index (κ2) is 6.60. The number of carbonyl (C=O) groups is 1. The Bertz CT molecular complexity index is 525. The lowest BCUT2D eigenvalue weighted by Gasteiger charge is -2.06. The minimum absolute atomic E-state index is 0.0142. The molecule has 0 aromatic carbocycles. The number of rotatable bonds is 5. The van der Waals surface area contributed by atoms with E-state index in [1.165, 1.54) is 0 Å². The lowest BCUT2D eigenvalue weighted by molar-refractivity contribution is 0.127. The molecule has 0 aliphatic carbocycles. The molecule has 0 atom stereocenters. The van der Waals surface area contributed by atoms with Gasteiger partial charge in [0.05, 0.1) is 0 Å². The van der Waals surface area contributed by atoms with Gasteiger partial charge in [0, 0.05) is 24.9 Å². The molecule has 0 saturated carbocycles. The van der Waals surface area contributed by atoms with Crippen LogP contribution in [0.5, 0.6) is 0 Å². The van der Waals surface area contributed by atoms with Crippen LogP contribution in [-0.4, -0.2) is 24.2 Å². The molecule has 106 valence electrons. The third kappa shape index (κ3) is 4.01. The van der Waals surface area contributed by atoms with Crippen molar-refractivity contribution in [1.29, 1.82) is 0 Å². The number of nitrogens with one attached hydrogen (secondary N) is 1. The first-order valence-corrected chi connectivity index (χ1v) is 6.20. The van der Waals surface area contributed by atoms with Crippen LogP contribution >= 0.6 is 0 Å². The van der Waals surface area contributed by atoms with Crippen LogP contribution in [0.2, 0.25) is 0 Å². The molecule has 1 aromatic heterocycles. The molecule has 1 aliphatic rings. The van der Waals surface area contributed by atoms with Crippen molar-refractivity contribution in [3.63, 3.8) is 0 Å². The average molecular weight is 276 g/mol. The number of pyridine rings is 1. The van der Waals surface area contributed by atoms with Crippen LogP contribution in [-0.2, 0) is 20.6 Å². The van der Waals surface area contributed by atoms with Gasteiger partial charge in [-0.15, -0.1) is 0 Å². The first kappa shape index (κ1) is 13.9. The van der Waals surface area contributed by atoms with E-state index >= 15 is 0 Å². The van der Waals surface area contributed by atoms with Gasteiger partial charge in [0.2, 0.25) is 0 Å². The van der Waals surface area contributed by atoms with E-state index in [1.807, 2.05) is 18.2 Å². The van der Waals surface area contributed by atoms with Gasteiger partial charge in [0.1, 0.15) is 5.76 Å². The summed E-state index contributed by atoms with van der Waals surface area (Å²) in [6.45, 7) is 5.70. The van der Waals surface area contributed by atoms with Crippen LogP contribution < -0.4 is 5.32 Å². The van der Waals surface area contributed by atoms with Gasteiger partial charge in [-0.2, -0.15) is 0 Å². The van der Waals surface area contributed by atoms with E-state index in [0.717, 1.165) is 5.69 Å². The van der Waals surface area contributed by atoms with Crippen LogP contribution in [0.3, 0.4) is 0 Å². The second-order valence-corrected chi connectivity index (χ2v) is 4.13. The number of amides is 1. The van der Waals surface area contributed by atoms with Gasteiger partial charge in [-0.25, -0.2) is 4.79 Å². The van der Waals surface area contributed by atoms with E-state index in [2.05, 4.69) is 16.9 Å². The molecular weight excluding hydrogens is 260 g/mol. The summed E-state index contributed by atoms with van der Waals surface area (Å²) in [5, 5.41) is 2.64. The summed E-state index contributed by atoms with van der Waals surface area (Å²) in [4.78, 5) is 15.6. The lowest BCUT2D eigenvalue weighted by atomic mass is 10.3. The number of allylic oxidation sites excluding steroid dienone is 1. The van der Waals surface area contributed by atoms with Crippen LogP contribution in [0, 0.1) is 0 Å². The second-order valence-electron chi connectivity index (χ2n) is 4.13. The standard InChI is InChI=1S/C14H16N2O4/c1-10-13(20-11(2)19-10)9-18-14(17)16-8-6-12-5-3-4-7-15-12/h3-5,7H,2,6,8-9H2,1H3,(H,16,17). The zero-order chi connectivity index (χ0) is 14.4. The predicted octanol–water partition coefficient (Wildman–Crippen LogP) is 2.10. The van der Waals surface area contributed by atoms with Crippen molar-refractivity contribution < 1.29 is 19.0 Å². The maximum Gasteiger partial charge on any atom is 0.407 e. The van der Waals surface area contributed by atoms with Crippen LogP contribution in [0.25, 0.3) is 0 Å². The number of hydrogen-bond donors (Lipinski definition) is 1. The summed E-state index contributed by atoms with van der Waals surface area (Å²) >= 11 is 0. The highest BCUT2D eigenvalue weighted by molar-refractivity contribution is 5.67. The Kier molecular flexibility index (Phi) is 4.60. The third-order valence-corrected chi connectivity index (χ3v) is 2.61. The number of alkyl carbamates (subject to hydrolysis) is 1. The normalized spacial score (nSPS) is 13.8. The van der Waals surface area contributed by atoms with E-state index < -0.39 is 6.09 Å². The van der Waals surface area contributed by atoms with E-state index in [-0.39, 0.29) is 12.6 Å². The maximum atomic E-state index is 11.5. The molecule has 1 aliphatic heterocycles. The predicted molar refractivity (Wildman–Crippen MR) is 71.3 cm³/mol. The fourth-order valence-electron chi connectivity index (χ4n) is 1.61. The van der Waals surface area contributed by atoms with Crippen molar-refractivity contribution in [1.82, 2.24) is 10.3 Å². The maximum absolute atomic E-state index is 11.5. The number of hydrogen-bond acceptors (Lipinski definition) is 5. The van der Waals surface area contributed by atoms with E-state index in [1.54, 1.807) is 13.1 Å². The Labute approximate surface area is 117 Å². The molecular formula is C14H16N2O4. The summed E-state index contributed by atoms with van der Waals surface area (Å²) in [6, 6.07) is 5.65. The molecule has 0 saturated heterocycles. The molecule has 1 N–H and O–H groups in total. The zero-order valence-electron chi connectivity index (χ0n) is 11.2. The lowest BCUT2D eigenvalue weighted by Crippen LogP contribution is -2.27. The highest BCUT2D eigenvalue weighted by Crippen LogP contribution is 2.22. The van der Waals surface area contributed by atoms with Crippen molar-refractivity contribution in [2.45, 2.75) is 13.3 Å². The summed E-state index contributed by atoms with van der Waals surface area (Å²) in [6.07, 6.45) is 1.85. The monoisotopic (exact) mass is 276 g/mol. The van der Waals surface area contributed by atoms with Gasteiger partial charge in [-0.3, -0.25) is 4.98 Å². The van der Waals surface area contributed by atoms with Crippen molar-refractivity contribution in [2.24, 2.45) is 0 Å². The first-order valence-electron chi connectivity index (χ1n) is 6.20. The molecule has 0 bridgehead atoms. The molecule has 0 fully saturated rings. The van der Waals surface area contributed by atoms with Gasteiger partial charge in [-0.1, -0.05) is 6.07 Å². The first-order chi connectivity index (χ1) is 9.65. The van der Waals surface area contributed by atoms with Crippen molar-refractivity contribution in [2.75, 3.05) is 13.2 Å². The minimum Gasteiger partial charge on any atom is -0.441 e. The SMILES string of the molecule is C=C1OC(C)=C(COC(=O)NCCc2ccccn2)O1. The van der Waals surface area contributed by atoms with E-state index in [9.17, 15) is 4.79 Å². The number of ether oxygens (including phenoxy) is 3. The molecule has 0 spiro atoms. The molecule has 2 heterocycles. The fourth-order valence-corrected chi connectivity index (χ4v) is 1.61. The van der Waals surface area contributed by atoms with Gasteiger partial charge in [0.25, 0.3) is 5.95 Å². The number of nitrogens with zero attached hydrogens (tertiary/aromatic N) is 1. The Hall–Kier alpha value is -2.50. The largest absolute Gasteiger partial charge is 0.441 e. The highest BCUT2D eigenvalue weighted by Gasteiger charge is 2.19. The fraction of sp³-hybridized carbons (Fsp3) is 0.286. The quantitative estimate of drug-likeness (QED) is 0.891. The molecule has 2 rings (SSSR count). The van der Waals surface area contributed by atoms with Crippen LogP contribution in [0.1, 0.15) is 12.6 Å². The molecule has 0 radical (unpaired) electrons. The van der Waals surface area contributed by atoms with Crippen LogP contribution in [0.15, 0.2) is 48.4 Å². The zero-order valence-corrected chi connectivity index (χ0v) is 11.2. The van der Waals surface area contributed by atoms with Gasteiger partial charge in [0.15, 0.2) is 12.4 Å². The van der Waals surface area contributed by atoms with E-state index in [0.29, 0.717) is 24.5 Å². The molecule has 6 heteroatoms. The average Bonchev–Trinajstić information content (AvgIpc) is 2.76. The molecule has 1 aromatic rings. The van der Waals surface area contributed by atoms with Gasteiger partial charge in [-0.05, 0) is 25.6 Å². The highest BCUT2D eigenvalue weighted by atomic mass is 16.7. The Morgan fingerprint density at radius 1 is 1.45 bits per heavy atom. The Morgan fingerprint density at radius 2 is 2.30 bits per heavy atom. The topological polar surface area (TPSA) is 69.7 Å². The van der Waals surface area contributed by atoms with Crippen molar-refractivity contribution >= 4 is 6.09 Å². The summed E-state index contributed by atoms with van der Waals surface area (Å²) in [7, 11) is 0. The number of carbonyl (C=O) groups excluding carboxylic acids is 1.